The molecule has 1 saturated carbocycles. The van der Waals surface area contributed by atoms with Gasteiger partial charge in [-0.05, 0) is 32.6 Å². The number of carbonyl (C=O) groups is 1. The van der Waals surface area contributed by atoms with E-state index in [2.05, 4.69) is 5.10 Å². The molecule has 17 heavy (non-hydrogen) atoms. The Hall–Kier alpha value is -1.32. The first-order valence-electron chi connectivity index (χ1n) is 6.37. The molecule has 4 heteroatoms. The lowest BCUT2D eigenvalue weighted by molar-refractivity contribution is 0.0695. The van der Waals surface area contributed by atoms with Crippen LogP contribution in [0, 0.1) is 19.8 Å². The Morgan fingerprint density at radius 2 is 2.00 bits per heavy atom. The first-order valence-corrected chi connectivity index (χ1v) is 6.37. The first kappa shape index (κ1) is 12.1. The van der Waals surface area contributed by atoms with Gasteiger partial charge in [0.05, 0.1) is 11.4 Å². The Bertz CT molecular complexity index is 417. The number of rotatable bonds is 3. The molecule has 94 valence electrons. The van der Waals surface area contributed by atoms with E-state index in [1.165, 1.54) is 32.1 Å². The van der Waals surface area contributed by atoms with Crippen LogP contribution in [0.15, 0.2) is 0 Å². The summed E-state index contributed by atoms with van der Waals surface area (Å²) in [5.74, 6) is -0.196. The summed E-state index contributed by atoms with van der Waals surface area (Å²) in [5, 5.41) is 13.5. The Morgan fingerprint density at radius 1 is 1.35 bits per heavy atom. The van der Waals surface area contributed by atoms with Crippen molar-refractivity contribution >= 4 is 5.97 Å². The minimum absolute atomic E-state index is 0.376. The molecule has 1 aliphatic carbocycles. The number of carboxylic acid groups (broad SMARTS) is 1. The van der Waals surface area contributed by atoms with Gasteiger partial charge < -0.3 is 5.11 Å². The summed E-state index contributed by atoms with van der Waals surface area (Å²) in [5.41, 5.74) is 1.80. The van der Waals surface area contributed by atoms with Crippen LogP contribution in [-0.2, 0) is 6.54 Å². The van der Waals surface area contributed by atoms with Crippen LogP contribution in [0.3, 0.4) is 0 Å². The van der Waals surface area contributed by atoms with Crippen LogP contribution < -0.4 is 0 Å². The summed E-state index contributed by atoms with van der Waals surface area (Å²) >= 11 is 0. The van der Waals surface area contributed by atoms with Gasteiger partial charge in [0.2, 0.25) is 0 Å². The van der Waals surface area contributed by atoms with Crippen molar-refractivity contribution in [2.45, 2.75) is 52.5 Å². The minimum atomic E-state index is -0.866. The zero-order valence-electron chi connectivity index (χ0n) is 10.6. The van der Waals surface area contributed by atoms with Gasteiger partial charge in [0.15, 0.2) is 0 Å². The average Bonchev–Trinajstić information content (AvgIpc) is 2.55. The molecule has 0 amide bonds. The summed E-state index contributed by atoms with van der Waals surface area (Å²) in [6.45, 7) is 4.50. The fourth-order valence-electron chi connectivity index (χ4n) is 2.80. The molecule has 0 radical (unpaired) electrons. The van der Waals surface area contributed by atoms with Crippen molar-refractivity contribution in [1.29, 1.82) is 0 Å². The predicted molar refractivity (Wildman–Crippen MR) is 65.2 cm³/mol. The number of nitrogens with zero attached hydrogens (tertiary/aromatic N) is 2. The molecule has 1 heterocycles. The zero-order chi connectivity index (χ0) is 12.4. The number of aromatic carboxylic acids is 1. The van der Waals surface area contributed by atoms with Gasteiger partial charge in [-0.2, -0.15) is 5.10 Å². The second-order valence-electron chi connectivity index (χ2n) is 5.04. The van der Waals surface area contributed by atoms with Crippen molar-refractivity contribution in [3.8, 4) is 0 Å². The molecule has 1 N–H and O–H groups in total. The molecule has 0 atom stereocenters. The van der Waals surface area contributed by atoms with Crippen molar-refractivity contribution in [2.75, 3.05) is 0 Å². The Balaban J connectivity index is 2.15. The zero-order valence-corrected chi connectivity index (χ0v) is 10.6. The molecule has 0 aromatic carbocycles. The van der Waals surface area contributed by atoms with Crippen molar-refractivity contribution in [3.05, 3.63) is 17.0 Å². The van der Waals surface area contributed by atoms with E-state index in [9.17, 15) is 4.79 Å². The van der Waals surface area contributed by atoms with Crippen LogP contribution in [0.25, 0.3) is 0 Å². The third-order valence-corrected chi connectivity index (χ3v) is 3.75. The lowest BCUT2D eigenvalue weighted by Crippen LogP contribution is -2.16. The Morgan fingerprint density at radius 3 is 2.53 bits per heavy atom. The molecule has 4 nitrogen and oxygen atoms in total. The first-order chi connectivity index (χ1) is 8.09. The third kappa shape index (κ3) is 2.51. The number of hydrogen-bond acceptors (Lipinski definition) is 2. The number of aryl methyl sites for hydroxylation is 1. The maximum Gasteiger partial charge on any atom is 0.339 e. The second kappa shape index (κ2) is 4.90. The Labute approximate surface area is 102 Å². The molecule has 0 aliphatic heterocycles. The van der Waals surface area contributed by atoms with Gasteiger partial charge in [0.25, 0.3) is 0 Å². The molecular formula is C13H20N2O2. The fraction of sp³-hybridized carbons (Fsp3) is 0.692. The van der Waals surface area contributed by atoms with E-state index in [1.807, 2.05) is 11.6 Å². The second-order valence-corrected chi connectivity index (χ2v) is 5.04. The smallest absolute Gasteiger partial charge is 0.339 e. The van der Waals surface area contributed by atoms with Crippen molar-refractivity contribution in [2.24, 2.45) is 5.92 Å². The maximum absolute atomic E-state index is 11.1. The highest BCUT2D eigenvalue weighted by Crippen LogP contribution is 2.26. The fourth-order valence-corrected chi connectivity index (χ4v) is 2.80. The monoisotopic (exact) mass is 236 g/mol. The van der Waals surface area contributed by atoms with E-state index in [4.69, 9.17) is 5.11 Å². The molecule has 1 aromatic heterocycles. The van der Waals surface area contributed by atoms with Crippen LogP contribution in [-0.4, -0.2) is 20.9 Å². The van der Waals surface area contributed by atoms with Gasteiger partial charge in [0, 0.05) is 6.54 Å². The summed E-state index contributed by atoms with van der Waals surface area (Å²) in [7, 11) is 0. The van der Waals surface area contributed by atoms with Gasteiger partial charge in [-0.3, -0.25) is 4.68 Å². The molecule has 1 fully saturated rings. The maximum atomic E-state index is 11.1. The number of hydrogen-bond donors (Lipinski definition) is 1. The highest BCUT2D eigenvalue weighted by Gasteiger charge is 2.20. The van der Waals surface area contributed by atoms with E-state index in [-0.39, 0.29) is 0 Å². The van der Waals surface area contributed by atoms with Gasteiger partial charge in [-0.1, -0.05) is 19.3 Å². The largest absolute Gasteiger partial charge is 0.478 e. The minimum Gasteiger partial charge on any atom is -0.478 e. The van der Waals surface area contributed by atoms with Crippen LogP contribution >= 0.6 is 0 Å². The van der Waals surface area contributed by atoms with Gasteiger partial charge in [0.1, 0.15) is 5.56 Å². The van der Waals surface area contributed by atoms with E-state index < -0.39 is 5.97 Å². The third-order valence-electron chi connectivity index (χ3n) is 3.75. The van der Waals surface area contributed by atoms with Gasteiger partial charge in [-0.15, -0.1) is 0 Å². The quantitative estimate of drug-likeness (QED) is 0.878. The average molecular weight is 236 g/mol. The molecule has 0 spiro atoms. The van der Waals surface area contributed by atoms with Gasteiger partial charge in [-0.25, -0.2) is 4.79 Å². The normalized spacial score (nSPS) is 17.3. The van der Waals surface area contributed by atoms with Crippen LogP contribution in [0.2, 0.25) is 0 Å². The summed E-state index contributed by atoms with van der Waals surface area (Å²) in [6, 6.07) is 0. The number of carboxylic acids is 1. The van der Waals surface area contributed by atoms with Crippen molar-refractivity contribution in [1.82, 2.24) is 9.78 Å². The summed E-state index contributed by atoms with van der Waals surface area (Å²) in [6.07, 6.45) is 6.45. The van der Waals surface area contributed by atoms with E-state index >= 15 is 0 Å². The number of aromatic nitrogens is 2. The van der Waals surface area contributed by atoms with E-state index in [0.29, 0.717) is 17.2 Å². The molecule has 0 saturated heterocycles. The molecular weight excluding hydrogens is 216 g/mol. The molecule has 1 aliphatic rings. The van der Waals surface area contributed by atoms with Gasteiger partial charge >= 0.3 is 5.97 Å². The highest BCUT2D eigenvalue weighted by atomic mass is 16.4. The molecule has 1 aromatic rings. The predicted octanol–water partition coefficient (Wildman–Crippen LogP) is 2.78. The van der Waals surface area contributed by atoms with Crippen molar-refractivity contribution in [3.63, 3.8) is 0 Å². The molecule has 0 unspecified atom stereocenters. The van der Waals surface area contributed by atoms with E-state index in [0.717, 1.165) is 12.2 Å². The van der Waals surface area contributed by atoms with Crippen molar-refractivity contribution < 1.29 is 9.90 Å². The lowest BCUT2D eigenvalue weighted by atomic mass is 9.89. The van der Waals surface area contributed by atoms with Crippen LogP contribution in [0.4, 0.5) is 0 Å². The van der Waals surface area contributed by atoms with Crippen LogP contribution in [0.1, 0.15) is 53.8 Å². The Kier molecular flexibility index (Phi) is 3.50. The highest BCUT2D eigenvalue weighted by molar-refractivity contribution is 5.90. The standard InChI is InChI=1S/C13H20N2O2/c1-9-12(13(16)17)10(2)15(14-9)8-11-6-4-3-5-7-11/h11H,3-8H2,1-2H3,(H,16,17). The molecule has 2 rings (SSSR count). The van der Waals surface area contributed by atoms with E-state index in [1.54, 1.807) is 6.92 Å². The molecule has 0 bridgehead atoms. The van der Waals surface area contributed by atoms with Crippen LogP contribution in [0.5, 0.6) is 0 Å². The topological polar surface area (TPSA) is 55.1 Å². The summed E-state index contributed by atoms with van der Waals surface area (Å²) < 4.78 is 1.88. The lowest BCUT2D eigenvalue weighted by Gasteiger charge is -2.21. The SMILES string of the molecule is Cc1nn(CC2CCCCC2)c(C)c1C(=O)O. The summed E-state index contributed by atoms with van der Waals surface area (Å²) in [4.78, 5) is 11.1.